The van der Waals surface area contributed by atoms with E-state index in [0.717, 1.165) is 31.9 Å². The van der Waals surface area contributed by atoms with Gasteiger partial charge < -0.3 is 35.1 Å². The van der Waals surface area contributed by atoms with E-state index in [4.69, 9.17) is 35.1 Å². The summed E-state index contributed by atoms with van der Waals surface area (Å²) in [6, 6.07) is 14.9. The lowest BCUT2D eigenvalue weighted by Crippen LogP contribution is -2.56. The molecule has 1 unspecified atom stereocenters. The van der Waals surface area contributed by atoms with Gasteiger partial charge in [-0.25, -0.2) is 0 Å². The van der Waals surface area contributed by atoms with Crippen LogP contribution in [0.1, 0.15) is 70.2 Å². The van der Waals surface area contributed by atoms with Crippen LogP contribution >= 0.6 is 0 Å². The molecule has 2 aromatic carbocycles. The lowest BCUT2D eigenvalue weighted by atomic mass is 9.91. The molecule has 0 spiro atoms. The van der Waals surface area contributed by atoms with Crippen LogP contribution < -0.4 is 9.16 Å². The summed E-state index contributed by atoms with van der Waals surface area (Å²) in [5, 5.41) is 0. The molecule has 2 aromatic rings. The van der Waals surface area contributed by atoms with Crippen LogP contribution in [0.4, 0.5) is 0 Å². The topological polar surface area (TPSA) is 114 Å². The third kappa shape index (κ3) is 20.1. The molecule has 0 aromatic heterocycles. The Morgan fingerprint density at radius 2 is 0.846 bits per heavy atom. The van der Waals surface area contributed by atoms with E-state index in [9.17, 15) is 9.59 Å². The van der Waals surface area contributed by atoms with Crippen molar-refractivity contribution in [3.8, 4) is 11.5 Å². The molecule has 0 amide bonds. The van der Waals surface area contributed by atoms with Crippen molar-refractivity contribution in [2.45, 2.75) is 158 Å². The maximum atomic E-state index is 13.2. The van der Waals surface area contributed by atoms with Gasteiger partial charge >= 0.3 is 17.4 Å². The van der Waals surface area contributed by atoms with Gasteiger partial charge in [0.05, 0.1) is 44.1 Å². The van der Waals surface area contributed by atoms with E-state index in [1.165, 1.54) is 0 Å². The molecule has 2 aliphatic heterocycles. The zero-order valence-electron chi connectivity index (χ0n) is 42.5. The minimum absolute atomic E-state index is 0. The van der Waals surface area contributed by atoms with E-state index in [0.29, 0.717) is 49.9 Å². The lowest BCUT2D eigenvalue weighted by Gasteiger charge is -2.41. The molecule has 0 N–H and O–H groups in total. The van der Waals surface area contributed by atoms with Crippen molar-refractivity contribution in [3.05, 3.63) is 59.7 Å². The second-order valence-electron chi connectivity index (χ2n) is 22.1. The highest BCUT2D eigenvalue weighted by Gasteiger charge is 2.47. The average molecular weight is 1010 g/mol. The molecule has 374 valence electrons. The monoisotopic (exact) mass is 1010 g/mol. The highest BCUT2D eigenvalue weighted by molar-refractivity contribution is 6.88. The summed E-state index contributed by atoms with van der Waals surface area (Å²) < 4.78 is 49.4. The third-order valence-corrected chi connectivity index (χ3v) is 29.2. The molecule has 12 nitrogen and oxygen atoms in total. The van der Waals surface area contributed by atoms with Crippen LogP contribution in [-0.2, 0) is 25.9 Å². The maximum Gasteiger partial charge on any atom is 0.541 e. The van der Waals surface area contributed by atoms with Crippen LogP contribution in [0.3, 0.4) is 0 Å². The number of hydrogen-bond donors (Lipinski definition) is 0. The minimum Gasteiger partial charge on any atom is -0.502 e. The van der Waals surface area contributed by atoms with Gasteiger partial charge in [0.2, 0.25) is 0 Å². The Morgan fingerprint density at radius 3 is 1.15 bits per heavy atom. The van der Waals surface area contributed by atoms with Crippen molar-refractivity contribution in [1.82, 2.24) is 9.80 Å². The molecule has 2 saturated heterocycles. The molecule has 65 heavy (non-hydrogen) atoms. The number of rotatable bonds is 20. The van der Waals surface area contributed by atoms with Gasteiger partial charge in [0, 0.05) is 49.4 Å². The number of hydrogen-bond acceptors (Lipinski definition) is 12. The average Bonchev–Trinajstić information content (AvgIpc) is 3.14. The Kier molecular flexibility index (Phi) is 22.9. The number of carbonyl (C=O) groups is 2. The van der Waals surface area contributed by atoms with Gasteiger partial charge in [-0.05, 0) is 161 Å². The maximum absolute atomic E-state index is 13.2. The summed E-state index contributed by atoms with van der Waals surface area (Å²) in [7, 11) is -12.5. The Hall–Kier alpha value is -1.64. The second-order valence-corrected chi connectivity index (χ2v) is 47.2. The fraction of sp³-hybridized carbons (Fsp3) is 0.702. The summed E-state index contributed by atoms with van der Waals surface area (Å²) in [5.74, 6) is 1.67. The van der Waals surface area contributed by atoms with Crippen LogP contribution in [0.2, 0.25) is 97.2 Å². The molecular formula is C47H92N2O10Si6. The van der Waals surface area contributed by atoms with Crippen molar-refractivity contribution >= 4 is 62.2 Å². The van der Waals surface area contributed by atoms with Gasteiger partial charge in [-0.2, -0.15) is 0 Å². The zero-order chi connectivity index (χ0) is 47.9. The first kappa shape index (κ1) is 61.4. The van der Waals surface area contributed by atoms with Crippen LogP contribution in [0.25, 0.3) is 0 Å². The van der Waals surface area contributed by atoms with Crippen LogP contribution in [-0.4, -0.2) is 142 Å². The number of ether oxygens (including phenoxy) is 3. The van der Waals surface area contributed by atoms with E-state index >= 15 is 0 Å². The molecule has 0 aliphatic carbocycles. The van der Waals surface area contributed by atoms with E-state index in [1.807, 2.05) is 82.8 Å². The van der Waals surface area contributed by atoms with Crippen LogP contribution in [0, 0.1) is 0 Å². The van der Waals surface area contributed by atoms with Gasteiger partial charge in [-0.15, -0.1) is 0 Å². The van der Waals surface area contributed by atoms with Crippen molar-refractivity contribution in [2.24, 2.45) is 0 Å². The van der Waals surface area contributed by atoms with Crippen molar-refractivity contribution in [2.75, 3.05) is 59.2 Å². The molecule has 0 radical (unpaired) electrons. The molecule has 1 atom stereocenters. The summed E-state index contributed by atoms with van der Waals surface area (Å²) in [5.41, 5.74) is 0.431. The second kappa shape index (κ2) is 24.3. The van der Waals surface area contributed by atoms with Gasteiger partial charge in [0.25, 0.3) is 0 Å². The number of Topliss-reactive ketones (excluding diaryl/α,β-unsaturated/α-hetero) is 2. The highest BCUT2D eigenvalue weighted by atomic mass is 28.5. The number of nitrogens with zero attached hydrogens (tertiary/aromatic N) is 2. The first-order valence-corrected chi connectivity index (χ1v) is 41.0. The molecule has 2 heterocycles. The molecule has 0 bridgehead atoms. The minimum atomic E-state index is -2.85. The van der Waals surface area contributed by atoms with Crippen molar-refractivity contribution in [1.29, 1.82) is 0 Å². The fourth-order valence-electron chi connectivity index (χ4n) is 7.81. The number of ketones is 2. The SMILES string of the molecule is C.C.CC(C)(C(=O)c1ccc(O[Si](C)(O[Si](C)(C)C)O[Si](C)(C)C)cc1)N1CCOCC1.CC(COc1ccc(C(=O)C(C)(C)N2CCOCC2)cc1)[Si](C)(O[Si](C)(C)C)O[Si](C)(C)C. The predicted octanol–water partition coefficient (Wildman–Crippen LogP) is 11.4. The zero-order valence-corrected chi connectivity index (χ0v) is 48.5. The molecule has 2 fully saturated rings. The third-order valence-electron chi connectivity index (χ3n) is 10.6. The smallest absolute Gasteiger partial charge is 0.502 e. The van der Waals surface area contributed by atoms with Gasteiger partial charge in [0.1, 0.15) is 11.5 Å². The quantitative estimate of drug-likeness (QED) is 0.0929. The van der Waals surface area contributed by atoms with E-state index in [1.54, 1.807) is 0 Å². The first-order valence-electron chi connectivity index (χ1n) is 22.7. The standard InChI is InChI=1S/C24H45NO5Si3.C21H39NO5Si3.2CH4/c1-20(33(10,29-31(4,5)6)30-32(7,8)9)19-28-22-13-11-21(12-14-22)23(26)24(2,3)25-15-17-27-18-16-25;1-21(2,22-14-16-24-17-15-22)20(23)18-10-12-19(13-11-18)25-30(9,26-28(3,4)5)27-29(6,7)8;;/h11-14,20H,15-19H2,1-10H3;10-13H,14-17H2,1-9H3;2*1H4. The summed E-state index contributed by atoms with van der Waals surface area (Å²) >= 11 is 0. The van der Waals surface area contributed by atoms with Crippen LogP contribution in [0.15, 0.2) is 48.5 Å². The highest BCUT2D eigenvalue weighted by Crippen LogP contribution is 2.33. The molecule has 4 rings (SSSR count). The Balaban J connectivity index is 0.000000633. The van der Waals surface area contributed by atoms with Gasteiger partial charge in [-0.3, -0.25) is 19.4 Å². The normalized spacial score (nSPS) is 16.8. The molecule has 2 aliphatic rings. The van der Waals surface area contributed by atoms with E-state index < -0.39 is 61.7 Å². The lowest BCUT2D eigenvalue weighted by molar-refractivity contribution is -0.00443. The fourth-order valence-corrected chi connectivity index (χ4v) is 30.4. The van der Waals surface area contributed by atoms with Gasteiger partial charge in [-0.1, -0.05) is 21.8 Å². The van der Waals surface area contributed by atoms with Crippen LogP contribution in [0.5, 0.6) is 11.5 Å². The van der Waals surface area contributed by atoms with Crippen molar-refractivity contribution in [3.63, 3.8) is 0 Å². The largest absolute Gasteiger partial charge is 0.541 e. The first-order chi connectivity index (χ1) is 28.6. The summed E-state index contributed by atoms with van der Waals surface area (Å²) in [4.78, 5) is 30.8. The van der Waals surface area contributed by atoms with Gasteiger partial charge in [0.15, 0.2) is 44.8 Å². The van der Waals surface area contributed by atoms with E-state index in [-0.39, 0.29) is 32.0 Å². The summed E-state index contributed by atoms with van der Waals surface area (Å²) in [6.45, 7) is 46.8. The predicted molar refractivity (Wildman–Crippen MR) is 284 cm³/mol. The molecule has 0 saturated carbocycles. The Bertz CT molecular complexity index is 1730. The number of morpholine rings is 2. The number of benzene rings is 2. The molecule has 18 heteroatoms. The number of carbonyl (C=O) groups excluding carboxylic acids is 2. The van der Waals surface area contributed by atoms with E-state index in [2.05, 4.69) is 102 Å². The van der Waals surface area contributed by atoms with Crippen molar-refractivity contribution < 1.29 is 44.7 Å². The Labute approximate surface area is 402 Å². The molecular weight excluding hydrogens is 921 g/mol. The summed E-state index contributed by atoms with van der Waals surface area (Å²) in [6.07, 6.45) is 0. The Morgan fingerprint density at radius 1 is 0.538 bits per heavy atom.